The first kappa shape index (κ1) is 10.5. The van der Waals surface area contributed by atoms with Gasteiger partial charge >= 0.3 is 0 Å². The molecule has 0 atom stereocenters. The maximum Gasteiger partial charge on any atom is 0.216 e. The van der Waals surface area contributed by atoms with Gasteiger partial charge in [0, 0.05) is 20.6 Å². The number of nitrogens with one attached hydrogen (secondary N) is 2. The van der Waals surface area contributed by atoms with Gasteiger partial charge in [0.15, 0.2) is 0 Å². The number of rotatable bonds is 3. The molecule has 4 nitrogen and oxygen atoms in total. The molecule has 13 heavy (non-hydrogen) atoms. The van der Waals surface area contributed by atoms with Crippen LogP contribution < -0.4 is 10.6 Å². The van der Waals surface area contributed by atoms with E-state index in [0.29, 0.717) is 6.54 Å². The van der Waals surface area contributed by atoms with Gasteiger partial charge in [0.1, 0.15) is 0 Å². The van der Waals surface area contributed by atoms with Crippen LogP contribution in [-0.2, 0) is 9.53 Å². The predicted molar refractivity (Wildman–Crippen MR) is 50.5 cm³/mol. The number of methoxy groups -OCH3 is 1. The van der Waals surface area contributed by atoms with Gasteiger partial charge in [0.05, 0.1) is 5.60 Å². The third-order valence-corrected chi connectivity index (χ3v) is 2.61. The summed E-state index contributed by atoms with van der Waals surface area (Å²) in [5, 5.41) is 6.08. The van der Waals surface area contributed by atoms with Gasteiger partial charge in [0.2, 0.25) is 5.91 Å². The molecule has 1 heterocycles. The van der Waals surface area contributed by atoms with Crippen LogP contribution in [0.5, 0.6) is 0 Å². The molecule has 0 aromatic heterocycles. The van der Waals surface area contributed by atoms with Crippen molar-refractivity contribution in [1.29, 1.82) is 0 Å². The van der Waals surface area contributed by atoms with Crippen molar-refractivity contribution in [2.45, 2.75) is 25.4 Å². The van der Waals surface area contributed by atoms with Crippen LogP contribution >= 0.6 is 0 Å². The number of hydrogen-bond donors (Lipinski definition) is 2. The molecule has 0 radical (unpaired) electrons. The van der Waals surface area contributed by atoms with E-state index in [4.69, 9.17) is 4.74 Å². The summed E-state index contributed by atoms with van der Waals surface area (Å²) in [7, 11) is 1.72. The van der Waals surface area contributed by atoms with Crippen molar-refractivity contribution in [3.63, 3.8) is 0 Å². The number of ether oxygens (including phenoxy) is 1. The molecular weight excluding hydrogens is 168 g/mol. The monoisotopic (exact) mass is 186 g/mol. The lowest BCUT2D eigenvalue weighted by atomic mass is 9.92. The van der Waals surface area contributed by atoms with E-state index in [2.05, 4.69) is 10.6 Å². The largest absolute Gasteiger partial charge is 0.376 e. The van der Waals surface area contributed by atoms with Gasteiger partial charge in [-0.1, -0.05) is 0 Å². The van der Waals surface area contributed by atoms with E-state index in [9.17, 15) is 4.79 Å². The first-order valence-electron chi connectivity index (χ1n) is 4.69. The summed E-state index contributed by atoms with van der Waals surface area (Å²) in [6.07, 6.45) is 1.92. The highest BCUT2D eigenvalue weighted by Crippen LogP contribution is 2.20. The Balaban J connectivity index is 2.42. The van der Waals surface area contributed by atoms with E-state index >= 15 is 0 Å². The average Bonchev–Trinajstić information content (AvgIpc) is 2.16. The maximum absolute atomic E-state index is 10.8. The average molecular weight is 186 g/mol. The van der Waals surface area contributed by atoms with Crippen molar-refractivity contribution < 1.29 is 9.53 Å². The second-order valence-electron chi connectivity index (χ2n) is 3.55. The van der Waals surface area contributed by atoms with Crippen LogP contribution in [0.2, 0.25) is 0 Å². The fourth-order valence-corrected chi connectivity index (χ4v) is 1.62. The van der Waals surface area contributed by atoms with Crippen LogP contribution in [0.3, 0.4) is 0 Å². The molecule has 0 aromatic rings. The van der Waals surface area contributed by atoms with E-state index in [0.717, 1.165) is 25.9 Å². The topological polar surface area (TPSA) is 50.4 Å². The molecule has 76 valence electrons. The van der Waals surface area contributed by atoms with Gasteiger partial charge in [-0.15, -0.1) is 0 Å². The van der Waals surface area contributed by atoms with Gasteiger partial charge in [0.25, 0.3) is 0 Å². The molecule has 4 heteroatoms. The molecule has 0 aliphatic carbocycles. The van der Waals surface area contributed by atoms with E-state index in [1.54, 1.807) is 7.11 Å². The summed E-state index contributed by atoms with van der Waals surface area (Å²) in [5.74, 6) is 0.00922. The minimum absolute atomic E-state index is 0.00922. The molecule has 0 spiro atoms. The Kier molecular flexibility index (Phi) is 3.69. The summed E-state index contributed by atoms with van der Waals surface area (Å²) in [6, 6.07) is 0. The molecule has 1 aliphatic rings. The molecule has 1 saturated heterocycles. The van der Waals surface area contributed by atoms with Crippen molar-refractivity contribution in [3.05, 3.63) is 0 Å². The van der Waals surface area contributed by atoms with Crippen LogP contribution in [0.25, 0.3) is 0 Å². The van der Waals surface area contributed by atoms with E-state index in [1.165, 1.54) is 6.92 Å². The fraction of sp³-hybridized carbons (Fsp3) is 0.889. The second-order valence-corrected chi connectivity index (χ2v) is 3.55. The molecule has 0 saturated carbocycles. The second kappa shape index (κ2) is 4.58. The van der Waals surface area contributed by atoms with Gasteiger partial charge < -0.3 is 15.4 Å². The Hall–Kier alpha value is -0.610. The summed E-state index contributed by atoms with van der Waals surface area (Å²) in [4.78, 5) is 10.8. The first-order chi connectivity index (χ1) is 6.18. The van der Waals surface area contributed by atoms with Crippen LogP contribution in [0.1, 0.15) is 19.8 Å². The quantitative estimate of drug-likeness (QED) is 0.646. The SMILES string of the molecule is COC1(CNC(C)=O)CCNCC1. The highest BCUT2D eigenvalue weighted by atomic mass is 16.5. The van der Waals surface area contributed by atoms with Crippen LogP contribution in [0.4, 0.5) is 0 Å². The maximum atomic E-state index is 10.8. The molecule has 0 unspecified atom stereocenters. The van der Waals surface area contributed by atoms with E-state index in [-0.39, 0.29) is 11.5 Å². The molecule has 1 fully saturated rings. The zero-order chi connectivity index (χ0) is 9.73. The zero-order valence-corrected chi connectivity index (χ0v) is 8.35. The number of hydrogen-bond acceptors (Lipinski definition) is 3. The van der Waals surface area contributed by atoms with E-state index in [1.807, 2.05) is 0 Å². The summed E-state index contributed by atoms with van der Waals surface area (Å²) in [6.45, 7) is 4.09. The summed E-state index contributed by atoms with van der Waals surface area (Å²) >= 11 is 0. The molecule has 1 rings (SSSR count). The Morgan fingerprint density at radius 3 is 2.62 bits per heavy atom. The zero-order valence-electron chi connectivity index (χ0n) is 8.35. The van der Waals surface area contributed by atoms with Crippen molar-refractivity contribution in [1.82, 2.24) is 10.6 Å². The molecule has 0 bridgehead atoms. The lowest BCUT2D eigenvalue weighted by Gasteiger charge is -2.36. The summed E-state index contributed by atoms with van der Waals surface area (Å²) < 4.78 is 5.47. The highest BCUT2D eigenvalue weighted by Gasteiger charge is 2.31. The predicted octanol–water partition coefficient (Wildman–Crippen LogP) is -0.109. The Morgan fingerprint density at radius 1 is 1.54 bits per heavy atom. The molecule has 2 N–H and O–H groups in total. The first-order valence-corrected chi connectivity index (χ1v) is 4.69. The molecule has 0 aromatic carbocycles. The van der Waals surface area contributed by atoms with Crippen LogP contribution in [-0.4, -0.2) is 38.3 Å². The van der Waals surface area contributed by atoms with Crippen molar-refractivity contribution in [3.8, 4) is 0 Å². The lowest BCUT2D eigenvalue weighted by Crippen LogP contribution is -2.50. The number of carbonyl (C=O) groups is 1. The van der Waals surface area contributed by atoms with Crippen molar-refractivity contribution in [2.75, 3.05) is 26.7 Å². The minimum atomic E-state index is -0.142. The van der Waals surface area contributed by atoms with E-state index < -0.39 is 0 Å². The molecular formula is C9H18N2O2. The number of amides is 1. The fourth-order valence-electron chi connectivity index (χ4n) is 1.62. The number of carbonyl (C=O) groups excluding carboxylic acids is 1. The summed E-state index contributed by atoms with van der Waals surface area (Å²) in [5.41, 5.74) is -0.142. The van der Waals surface area contributed by atoms with Crippen LogP contribution in [0, 0.1) is 0 Å². The highest BCUT2D eigenvalue weighted by molar-refractivity contribution is 5.72. The van der Waals surface area contributed by atoms with Gasteiger partial charge in [-0.3, -0.25) is 4.79 Å². The van der Waals surface area contributed by atoms with Gasteiger partial charge in [-0.2, -0.15) is 0 Å². The Labute approximate surface area is 79.0 Å². The van der Waals surface area contributed by atoms with Crippen molar-refractivity contribution in [2.24, 2.45) is 0 Å². The third kappa shape index (κ3) is 2.97. The standard InChI is InChI=1S/C9H18N2O2/c1-8(12)11-7-9(13-2)3-5-10-6-4-9/h10H,3-7H2,1-2H3,(H,11,12). The molecule has 1 amide bonds. The minimum Gasteiger partial charge on any atom is -0.376 e. The van der Waals surface area contributed by atoms with Gasteiger partial charge in [-0.05, 0) is 25.9 Å². The Bertz CT molecular complexity index is 176. The normalized spacial score (nSPS) is 21.1. The number of piperidine rings is 1. The van der Waals surface area contributed by atoms with Crippen LogP contribution in [0.15, 0.2) is 0 Å². The van der Waals surface area contributed by atoms with Crippen molar-refractivity contribution >= 4 is 5.91 Å². The third-order valence-electron chi connectivity index (χ3n) is 2.61. The lowest BCUT2D eigenvalue weighted by molar-refractivity contribution is -0.121. The van der Waals surface area contributed by atoms with Gasteiger partial charge in [-0.25, -0.2) is 0 Å². The Morgan fingerprint density at radius 2 is 2.15 bits per heavy atom. The molecule has 1 aliphatic heterocycles. The smallest absolute Gasteiger partial charge is 0.216 e.